The summed E-state index contributed by atoms with van der Waals surface area (Å²) >= 11 is 0. The summed E-state index contributed by atoms with van der Waals surface area (Å²) < 4.78 is 53.8. The molecule has 0 aliphatic rings. The van der Waals surface area contributed by atoms with Crippen LogP contribution in [0.25, 0.3) is 0 Å². The highest BCUT2D eigenvalue weighted by Crippen LogP contribution is 2.33. The Kier molecular flexibility index (Phi) is 6.24. The third kappa shape index (κ3) is 5.25. The van der Waals surface area contributed by atoms with Crippen LogP contribution in [0.15, 0.2) is 30.6 Å². The van der Waals surface area contributed by atoms with Gasteiger partial charge in [0.25, 0.3) is 0 Å². The topological polar surface area (TPSA) is 106 Å². The number of nitrogens with one attached hydrogen (secondary N) is 3. The number of carbonyl (C=O) groups is 1. The van der Waals surface area contributed by atoms with Crippen molar-refractivity contribution in [2.24, 2.45) is 0 Å². The standard InChI is InChI=1S/C15H14F4N6O/c16-10-3-1-2-9(6-10)13(15(17,18)19)24-11(14(26)21-5-4-20)7-12-22-8-23-25-12/h1-3,6,8,11,13,24H,5,7H2,(H,21,26)(H,22,23,25)/t11-,13-/m0/s1. The van der Waals surface area contributed by atoms with Crippen LogP contribution >= 0.6 is 0 Å². The zero-order valence-corrected chi connectivity index (χ0v) is 13.2. The lowest BCUT2D eigenvalue weighted by Crippen LogP contribution is -2.50. The summed E-state index contributed by atoms with van der Waals surface area (Å²) in [6, 6.07) is 1.98. The number of rotatable bonds is 7. The third-order valence-corrected chi connectivity index (χ3v) is 3.39. The molecule has 7 nitrogen and oxygen atoms in total. The molecule has 138 valence electrons. The Hall–Kier alpha value is -3.00. The van der Waals surface area contributed by atoms with Crippen LogP contribution in [0, 0.1) is 17.1 Å². The maximum Gasteiger partial charge on any atom is 0.407 e. The summed E-state index contributed by atoms with van der Waals surface area (Å²) in [4.78, 5) is 15.9. The highest BCUT2D eigenvalue weighted by Gasteiger charge is 2.43. The van der Waals surface area contributed by atoms with Crippen molar-refractivity contribution < 1.29 is 22.4 Å². The molecule has 3 N–H and O–H groups in total. The van der Waals surface area contributed by atoms with Crippen LogP contribution in [0.4, 0.5) is 17.6 Å². The van der Waals surface area contributed by atoms with Crippen LogP contribution in [0.2, 0.25) is 0 Å². The van der Waals surface area contributed by atoms with Gasteiger partial charge in [0.2, 0.25) is 5.91 Å². The zero-order valence-electron chi connectivity index (χ0n) is 13.2. The van der Waals surface area contributed by atoms with Gasteiger partial charge in [-0.1, -0.05) is 12.1 Å². The minimum Gasteiger partial charge on any atom is -0.342 e. The van der Waals surface area contributed by atoms with E-state index in [1.807, 2.05) is 0 Å². The predicted octanol–water partition coefficient (Wildman–Crippen LogP) is 1.39. The lowest BCUT2D eigenvalue weighted by atomic mass is 10.0. The number of halogens is 4. The van der Waals surface area contributed by atoms with E-state index >= 15 is 0 Å². The van der Waals surface area contributed by atoms with Crippen molar-refractivity contribution in [3.8, 4) is 6.07 Å². The van der Waals surface area contributed by atoms with Crippen LogP contribution in [0.3, 0.4) is 0 Å². The third-order valence-electron chi connectivity index (χ3n) is 3.39. The molecule has 26 heavy (non-hydrogen) atoms. The van der Waals surface area contributed by atoms with Gasteiger partial charge in [0, 0.05) is 6.42 Å². The van der Waals surface area contributed by atoms with E-state index in [0.717, 1.165) is 24.3 Å². The summed E-state index contributed by atoms with van der Waals surface area (Å²) in [5.41, 5.74) is -0.384. The number of hydrogen-bond acceptors (Lipinski definition) is 5. The summed E-state index contributed by atoms with van der Waals surface area (Å²) in [5.74, 6) is -1.56. The average molecular weight is 370 g/mol. The molecular formula is C15H14F4N6O. The number of aromatic amines is 1. The Morgan fingerprint density at radius 3 is 2.73 bits per heavy atom. The summed E-state index contributed by atoms with van der Waals surface area (Å²) in [5, 5.41) is 19.0. The second kappa shape index (κ2) is 8.39. The van der Waals surface area contributed by atoms with Gasteiger partial charge in [-0.3, -0.25) is 15.2 Å². The first kappa shape index (κ1) is 19.3. The first-order chi connectivity index (χ1) is 12.3. The fraction of sp³-hybridized carbons (Fsp3) is 0.333. The molecule has 11 heteroatoms. The number of alkyl halides is 3. The molecule has 0 radical (unpaired) electrons. The van der Waals surface area contributed by atoms with Gasteiger partial charge in [-0.2, -0.15) is 23.5 Å². The van der Waals surface area contributed by atoms with Crippen LogP contribution in [-0.2, 0) is 11.2 Å². The van der Waals surface area contributed by atoms with E-state index in [1.54, 1.807) is 6.07 Å². The monoisotopic (exact) mass is 370 g/mol. The molecule has 0 unspecified atom stereocenters. The van der Waals surface area contributed by atoms with E-state index in [1.165, 1.54) is 6.33 Å². The maximum absolute atomic E-state index is 13.5. The van der Waals surface area contributed by atoms with Gasteiger partial charge < -0.3 is 5.32 Å². The fourth-order valence-corrected chi connectivity index (χ4v) is 2.26. The molecular weight excluding hydrogens is 356 g/mol. The minimum absolute atomic E-state index is 0.106. The van der Waals surface area contributed by atoms with Gasteiger partial charge in [0.15, 0.2) is 5.82 Å². The minimum atomic E-state index is -4.79. The van der Waals surface area contributed by atoms with E-state index in [2.05, 4.69) is 25.8 Å². The number of aromatic nitrogens is 3. The second-order valence-electron chi connectivity index (χ2n) is 5.24. The molecule has 0 aliphatic carbocycles. The molecule has 1 amide bonds. The zero-order chi connectivity index (χ0) is 19.2. The van der Waals surface area contributed by atoms with Crippen LogP contribution in [0.1, 0.15) is 17.4 Å². The van der Waals surface area contributed by atoms with E-state index in [9.17, 15) is 22.4 Å². The smallest absolute Gasteiger partial charge is 0.342 e. The van der Waals surface area contributed by atoms with Gasteiger partial charge in [-0.05, 0) is 17.7 Å². The maximum atomic E-state index is 13.5. The molecule has 0 saturated heterocycles. The SMILES string of the molecule is N#CCNC(=O)[C@H](Cc1nc[nH]n1)N[C@@H](c1cccc(F)c1)C(F)(F)F. The van der Waals surface area contributed by atoms with Crippen molar-refractivity contribution >= 4 is 5.91 Å². The first-order valence-corrected chi connectivity index (χ1v) is 7.39. The second-order valence-corrected chi connectivity index (χ2v) is 5.24. The lowest BCUT2D eigenvalue weighted by molar-refractivity contribution is -0.160. The van der Waals surface area contributed by atoms with Crippen molar-refractivity contribution in [2.45, 2.75) is 24.7 Å². The highest BCUT2D eigenvalue weighted by molar-refractivity contribution is 5.82. The molecule has 1 aromatic heterocycles. The number of amides is 1. The fourth-order valence-electron chi connectivity index (χ4n) is 2.26. The van der Waals surface area contributed by atoms with Gasteiger partial charge in [-0.25, -0.2) is 9.37 Å². The molecule has 0 saturated carbocycles. The quantitative estimate of drug-likeness (QED) is 0.504. The Balaban J connectivity index is 2.29. The Labute approximate surface area is 145 Å². The van der Waals surface area contributed by atoms with Crippen LogP contribution in [0.5, 0.6) is 0 Å². The number of benzene rings is 1. The average Bonchev–Trinajstić information content (AvgIpc) is 3.08. The van der Waals surface area contributed by atoms with E-state index in [0.29, 0.717) is 0 Å². The Bertz CT molecular complexity index is 771. The largest absolute Gasteiger partial charge is 0.407 e. The number of nitriles is 1. The number of nitrogens with zero attached hydrogens (tertiary/aromatic N) is 3. The van der Waals surface area contributed by atoms with E-state index in [-0.39, 0.29) is 24.4 Å². The molecule has 1 heterocycles. The van der Waals surface area contributed by atoms with Crippen molar-refractivity contribution in [3.63, 3.8) is 0 Å². The first-order valence-electron chi connectivity index (χ1n) is 7.39. The van der Waals surface area contributed by atoms with Crippen molar-refractivity contribution in [3.05, 3.63) is 47.8 Å². The predicted molar refractivity (Wildman–Crippen MR) is 80.8 cm³/mol. The number of hydrogen-bond donors (Lipinski definition) is 3. The molecule has 1 aromatic carbocycles. The van der Waals surface area contributed by atoms with Gasteiger partial charge in [0.1, 0.15) is 24.7 Å². The Morgan fingerprint density at radius 1 is 1.38 bits per heavy atom. The Morgan fingerprint density at radius 2 is 2.15 bits per heavy atom. The molecule has 0 bridgehead atoms. The highest BCUT2D eigenvalue weighted by atomic mass is 19.4. The van der Waals surface area contributed by atoms with Crippen LogP contribution < -0.4 is 10.6 Å². The van der Waals surface area contributed by atoms with Gasteiger partial charge in [0.05, 0.1) is 12.1 Å². The van der Waals surface area contributed by atoms with Crippen molar-refractivity contribution in [2.75, 3.05) is 6.54 Å². The van der Waals surface area contributed by atoms with Crippen LogP contribution in [-0.4, -0.2) is 39.9 Å². The summed E-state index contributed by atoms with van der Waals surface area (Å²) in [6.07, 6.45) is -3.84. The molecule has 0 aliphatic heterocycles. The normalized spacial score (nSPS) is 13.7. The van der Waals surface area contributed by atoms with Gasteiger partial charge in [-0.15, -0.1) is 0 Å². The number of carbonyl (C=O) groups excluding carboxylic acids is 1. The molecule has 2 aromatic rings. The summed E-state index contributed by atoms with van der Waals surface area (Å²) in [6.45, 7) is -0.373. The van der Waals surface area contributed by atoms with Crippen molar-refractivity contribution in [1.29, 1.82) is 5.26 Å². The molecule has 2 atom stereocenters. The van der Waals surface area contributed by atoms with Gasteiger partial charge >= 0.3 is 6.18 Å². The van der Waals surface area contributed by atoms with E-state index < -0.39 is 30.0 Å². The summed E-state index contributed by atoms with van der Waals surface area (Å²) in [7, 11) is 0. The molecule has 0 spiro atoms. The lowest BCUT2D eigenvalue weighted by Gasteiger charge is -2.26. The van der Waals surface area contributed by atoms with E-state index in [4.69, 9.17) is 5.26 Å². The number of H-pyrrole nitrogens is 1. The molecule has 2 rings (SSSR count). The molecule has 0 fully saturated rings. The van der Waals surface area contributed by atoms with Crippen molar-refractivity contribution in [1.82, 2.24) is 25.8 Å².